The molecule has 1 aliphatic heterocycles. The van der Waals surface area contributed by atoms with Crippen LogP contribution >= 0.6 is 0 Å². The number of aromatic nitrogens is 2. The second-order valence-corrected chi connectivity index (χ2v) is 17.5. The maximum absolute atomic E-state index is 4.16. The Hall–Kier alpha value is -8.40. The number of hydrogen-bond acceptors (Lipinski definition) is 1. The van der Waals surface area contributed by atoms with Gasteiger partial charge >= 0.3 is 0 Å². The summed E-state index contributed by atoms with van der Waals surface area (Å²) in [6, 6.07) is 73.1. The van der Waals surface area contributed by atoms with E-state index in [1.165, 1.54) is 88.4 Å². The van der Waals surface area contributed by atoms with Crippen LogP contribution in [0.4, 0.5) is 0 Å². The zero-order valence-electron chi connectivity index (χ0n) is 40.3. The third-order valence-corrected chi connectivity index (χ3v) is 13.3. The van der Waals surface area contributed by atoms with Crippen LogP contribution in [0, 0.1) is 13.8 Å². The predicted octanol–water partition coefficient (Wildman–Crippen LogP) is 17.1. The van der Waals surface area contributed by atoms with Crippen LogP contribution in [0.3, 0.4) is 0 Å². The number of allylic oxidation sites excluding steroid dienone is 8. The molecule has 69 heavy (non-hydrogen) atoms. The van der Waals surface area contributed by atoms with E-state index in [9.17, 15) is 0 Å². The van der Waals surface area contributed by atoms with Gasteiger partial charge in [0.25, 0.3) is 0 Å². The first kappa shape index (κ1) is 45.7. The average molecular weight is 894 g/mol. The van der Waals surface area contributed by atoms with Gasteiger partial charge < -0.3 is 14.0 Å². The molecule has 0 saturated heterocycles. The highest BCUT2D eigenvalue weighted by Crippen LogP contribution is 2.54. The van der Waals surface area contributed by atoms with Crippen molar-refractivity contribution in [3.05, 3.63) is 301 Å². The van der Waals surface area contributed by atoms with E-state index in [1.807, 2.05) is 12.2 Å². The van der Waals surface area contributed by atoms with Crippen LogP contribution in [0.25, 0.3) is 55.0 Å². The number of hydrogen-bond donors (Lipinski definition) is 0. The summed E-state index contributed by atoms with van der Waals surface area (Å²) >= 11 is 0. The molecule has 3 heterocycles. The lowest BCUT2D eigenvalue weighted by atomic mass is 9.60. The number of rotatable bonds is 7. The molecule has 3 heteroatoms. The van der Waals surface area contributed by atoms with E-state index in [0.29, 0.717) is 0 Å². The van der Waals surface area contributed by atoms with Crippen molar-refractivity contribution in [2.24, 2.45) is 0 Å². The minimum Gasteiger partial charge on any atom is -0.344 e. The fourth-order valence-electron chi connectivity index (χ4n) is 10.4. The molecular formula is C66H59N3. The number of benzene rings is 8. The smallest absolute Gasteiger partial charge is 0.0741 e. The molecule has 11 rings (SSSR count). The topological polar surface area (TPSA) is 13.1 Å². The molecule has 0 unspecified atom stereocenters. The van der Waals surface area contributed by atoms with Gasteiger partial charge in [-0.2, -0.15) is 0 Å². The largest absolute Gasteiger partial charge is 0.344 e. The quantitative estimate of drug-likeness (QED) is 0.155. The molecule has 8 aromatic carbocycles. The third kappa shape index (κ3) is 8.38. The lowest BCUT2D eigenvalue weighted by Gasteiger charge is -2.47. The van der Waals surface area contributed by atoms with E-state index < -0.39 is 5.41 Å². The van der Waals surface area contributed by atoms with E-state index in [1.54, 1.807) is 0 Å². The van der Waals surface area contributed by atoms with Gasteiger partial charge in [0.1, 0.15) is 0 Å². The van der Waals surface area contributed by atoms with Crippen molar-refractivity contribution in [1.82, 2.24) is 14.0 Å². The van der Waals surface area contributed by atoms with Crippen LogP contribution in [0.5, 0.6) is 0 Å². The first-order chi connectivity index (χ1) is 33.8. The first-order valence-corrected chi connectivity index (χ1v) is 23.8. The normalized spacial score (nSPS) is 14.6. The molecule has 338 valence electrons. The summed E-state index contributed by atoms with van der Waals surface area (Å²) in [6.07, 6.45) is 12.5. The van der Waals surface area contributed by atoms with Crippen molar-refractivity contribution in [2.45, 2.75) is 33.1 Å². The van der Waals surface area contributed by atoms with Crippen LogP contribution in [0.1, 0.15) is 36.1 Å². The standard InChI is InChI=1S/C28H29N.2C19H15N/c1-6-16-24-26(8-3)29(5)27(9-4)25(17-7-2)28(24,22-18-12-10-13-19-22)23-20-14-11-15-21-23;2*1-14-11-12-19-17(13-14)16-9-5-6-10-18(16)20(19)15-7-3-2-4-8-15/h6-21H,1,4H2,2-3,5H3;2*2-13H,1H3/b17-7-,24-16+,26-8+;;. The van der Waals surface area contributed by atoms with E-state index >= 15 is 0 Å². The second kappa shape index (κ2) is 20.2. The van der Waals surface area contributed by atoms with Crippen molar-refractivity contribution in [1.29, 1.82) is 0 Å². The summed E-state index contributed by atoms with van der Waals surface area (Å²) in [5.74, 6) is 0. The number of nitrogens with zero attached hydrogens (tertiary/aromatic N) is 3. The van der Waals surface area contributed by atoms with Crippen molar-refractivity contribution < 1.29 is 0 Å². The van der Waals surface area contributed by atoms with Gasteiger partial charge in [-0.05, 0) is 117 Å². The molecule has 0 aliphatic carbocycles. The Balaban J connectivity index is 0.000000132. The molecule has 3 nitrogen and oxygen atoms in total. The van der Waals surface area contributed by atoms with Gasteiger partial charge in [-0.1, -0.05) is 200 Å². The monoisotopic (exact) mass is 893 g/mol. The fraction of sp³-hybridized carbons (Fsp3) is 0.0909. The molecule has 1 aliphatic rings. The van der Waals surface area contributed by atoms with Gasteiger partial charge in [-0.15, -0.1) is 0 Å². The fourth-order valence-corrected chi connectivity index (χ4v) is 10.4. The Morgan fingerprint density at radius 1 is 0.464 bits per heavy atom. The number of para-hydroxylation sites is 4. The molecule has 0 bridgehead atoms. The van der Waals surface area contributed by atoms with Gasteiger partial charge in [0, 0.05) is 51.4 Å². The first-order valence-electron chi connectivity index (χ1n) is 23.8. The molecule has 0 N–H and O–H groups in total. The zero-order valence-corrected chi connectivity index (χ0v) is 40.3. The molecular weight excluding hydrogens is 835 g/mol. The van der Waals surface area contributed by atoms with Crippen LogP contribution in [0.2, 0.25) is 0 Å². The van der Waals surface area contributed by atoms with Crippen molar-refractivity contribution in [3.63, 3.8) is 0 Å². The molecule has 0 saturated carbocycles. The van der Waals surface area contributed by atoms with Crippen LogP contribution in [0.15, 0.2) is 278 Å². The molecule has 0 spiro atoms. The number of fused-ring (bicyclic) bond motifs is 6. The molecule has 0 atom stereocenters. The van der Waals surface area contributed by atoms with Gasteiger partial charge in [0.05, 0.1) is 27.5 Å². The Bertz CT molecular complexity index is 3370. The van der Waals surface area contributed by atoms with Crippen LogP contribution < -0.4 is 0 Å². The number of aryl methyl sites for hydroxylation is 2. The molecule has 2 aromatic heterocycles. The lowest BCUT2D eigenvalue weighted by molar-refractivity contribution is 0.478. The minimum atomic E-state index is -0.471. The van der Waals surface area contributed by atoms with Crippen molar-refractivity contribution in [2.75, 3.05) is 7.05 Å². The predicted molar refractivity (Wildman–Crippen MR) is 297 cm³/mol. The maximum atomic E-state index is 4.16. The Kier molecular flexibility index (Phi) is 13.4. The lowest BCUT2D eigenvalue weighted by Crippen LogP contribution is -2.42. The highest BCUT2D eigenvalue weighted by atomic mass is 15.1. The average Bonchev–Trinajstić information content (AvgIpc) is 3.90. The van der Waals surface area contributed by atoms with Gasteiger partial charge in [-0.3, -0.25) is 0 Å². The minimum absolute atomic E-state index is 0.471. The number of likely N-dealkylation sites (N-methyl/N-ethyl adjacent to an activating group) is 1. The summed E-state index contributed by atoms with van der Waals surface area (Å²) in [6.45, 7) is 16.6. The Morgan fingerprint density at radius 2 is 0.870 bits per heavy atom. The van der Waals surface area contributed by atoms with Crippen LogP contribution in [-0.2, 0) is 5.41 Å². The highest BCUT2D eigenvalue weighted by molar-refractivity contribution is 6.10. The van der Waals surface area contributed by atoms with E-state index in [0.717, 1.165) is 11.4 Å². The van der Waals surface area contributed by atoms with E-state index in [-0.39, 0.29) is 0 Å². The summed E-state index contributed by atoms with van der Waals surface area (Å²) in [4.78, 5) is 2.22. The van der Waals surface area contributed by atoms with Crippen LogP contribution in [-0.4, -0.2) is 21.1 Å². The van der Waals surface area contributed by atoms with E-state index in [4.69, 9.17) is 0 Å². The van der Waals surface area contributed by atoms with Crippen molar-refractivity contribution >= 4 is 43.6 Å². The molecule has 0 radical (unpaired) electrons. The Morgan fingerprint density at radius 3 is 1.28 bits per heavy atom. The molecule has 0 amide bonds. The van der Waals surface area contributed by atoms with E-state index in [2.05, 4.69) is 292 Å². The summed E-state index contributed by atoms with van der Waals surface area (Å²) in [7, 11) is 2.10. The zero-order chi connectivity index (χ0) is 47.9. The second-order valence-electron chi connectivity index (χ2n) is 17.5. The van der Waals surface area contributed by atoms with Gasteiger partial charge in [0.15, 0.2) is 0 Å². The maximum Gasteiger partial charge on any atom is 0.0741 e. The SMILES string of the molecule is C=C/C=C1\C(=C/C)N(C)C(C=C)=C(/C=C\C)C1(c1ccccc1)c1ccccc1.Cc1ccc2c(c1)c1ccccc1n2-c1ccccc1.Cc1ccc2c(c1)c1ccccc1n2-c1ccccc1. The Labute approximate surface area is 407 Å². The highest BCUT2D eigenvalue weighted by Gasteiger charge is 2.47. The van der Waals surface area contributed by atoms with Crippen molar-refractivity contribution in [3.8, 4) is 11.4 Å². The summed E-state index contributed by atoms with van der Waals surface area (Å²) in [5.41, 5.74) is 16.7. The summed E-state index contributed by atoms with van der Waals surface area (Å²) < 4.78 is 4.67. The summed E-state index contributed by atoms with van der Waals surface area (Å²) in [5, 5.41) is 5.28. The van der Waals surface area contributed by atoms with Gasteiger partial charge in [0.2, 0.25) is 0 Å². The molecule has 0 fully saturated rings. The molecule has 10 aromatic rings. The van der Waals surface area contributed by atoms with Gasteiger partial charge in [-0.25, -0.2) is 0 Å². The third-order valence-electron chi connectivity index (χ3n) is 13.3.